The summed E-state index contributed by atoms with van der Waals surface area (Å²) in [6, 6.07) is 3.68. The molecule has 8 nitrogen and oxygen atoms in total. The number of carbonyl (C=O) groups excluding carboxylic acids is 1. The summed E-state index contributed by atoms with van der Waals surface area (Å²) < 4.78 is 0. The maximum atomic E-state index is 13.1. The van der Waals surface area contributed by atoms with E-state index in [1.165, 1.54) is 0 Å². The standard InChI is InChI=1S/C23H33N5O3S.2ClH/c29-20(30)8-5-16-3-6-18(7-4-16)21-27-28(22(32-21)19-9-12-24-13-10-19)23(31)26-15-17-2-1-11-25-14-17;;/h1-2,11,14,16,18-19,22,24H,3-10,12-13,15H2,(H,26,31)(H,29,30);2*1H/t16-,18-,22?;;. The van der Waals surface area contributed by atoms with Crippen molar-refractivity contribution in [3.05, 3.63) is 30.1 Å². The number of halogens is 2. The average Bonchev–Trinajstić information content (AvgIpc) is 3.28. The maximum absolute atomic E-state index is 13.1. The van der Waals surface area contributed by atoms with Crippen molar-refractivity contribution in [1.29, 1.82) is 0 Å². The van der Waals surface area contributed by atoms with Crippen molar-refractivity contribution in [2.24, 2.45) is 22.9 Å². The molecule has 11 heteroatoms. The van der Waals surface area contributed by atoms with Crippen LogP contribution in [-0.2, 0) is 11.3 Å². The SMILES string of the molecule is Cl.Cl.O=C(O)CC[C@H]1CC[C@H](C2=NN(C(=O)NCc3cccnc3)C(C3CCNCC3)S2)CC1. The number of hydrogen-bond donors (Lipinski definition) is 3. The van der Waals surface area contributed by atoms with Crippen LogP contribution in [0, 0.1) is 17.8 Å². The van der Waals surface area contributed by atoms with Gasteiger partial charge in [-0.25, -0.2) is 9.80 Å². The van der Waals surface area contributed by atoms with Gasteiger partial charge >= 0.3 is 12.0 Å². The number of hydrogen-bond acceptors (Lipinski definition) is 6. The summed E-state index contributed by atoms with van der Waals surface area (Å²) in [4.78, 5) is 28.1. The van der Waals surface area contributed by atoms with Crippen LogP contribution in [-0.4, -0.2) is 50.6 Å². The highest BCUT2D eigenvalue weighted by molar-refractivity contribution is 8.14. The van der Waals surface area contributed by atoms with Crippen molar-refractivity contribution >= 4 is 53.6 Å². The molecule has 1 aliphatic carbocycles. The van der Waals surface area contributed by atoms with E-state index in [9.17, 15) is 9.59 Å². The van der Waals surface area contributed by atoms with E-state index in [1.54, 1.807) is 29.2 Å². The van der Waals surface area contributed by atoms with E-state index >= 15 is 0 Å². The van der Waals surface area contributed by atoms with E-state index < -0.39 is 5.97 Å². The van der Waals surface area contributed by atoms with Crippen LogP contribution in [0.5, 0.6) is 0 Å². The highest BCUT2D eigenvalue weighted by atomic mass is 35.5. The number of amides is 2. The van der Waals surface area contributed by atoms with Gasteiger partial charge in [0.05, 0.1) is 5.04 Å². The number of aromatic nitrogens is 1. The molecule has 3 heterocycles. The molecule has 2 aliphatic heterocycles. The molecule has 1 aromatic heterocycles. The molecule has 4 rings (SSSR count). The molecule has 0 spiro atoms. The van der Waals surface area contributed by atoms with Crippen molar-refractivity contribution in [2.75, 3.05) is 13.1 Å². The fourth-order valence-electron chi connectivity index (χ4n) is 4.91. The molecule has 34 heavy (non-hydrogen) atoms. The van der Waals surface area contributed by atoms with Crippen LogP contribution in [0.1, 0.15) is 56.9 Å². The Morgan fingerprint density at radius 1 is 1.15 bits per heavy atom. The number of pyridine rings is 1. The Morgan fingerprint density at radius 2 is 1.88 bits per heavy atom. The van der Waals surface area contributed by atoms with E-state index in [1.807, 2.05) is 12.1 Å². The summed E-state index contributed by atoms with van der Waals surface area (Å²) in [5.74, 6) is 0.592. The first-order chi connectivity index (χ1) is 15.6. The Labute approximate surface area is 217 Å². The molecule has 1 atom stereocenters. The zero-order valence-corrected chi connectivity index (χ0v) is 21.7. The van der Waals surface area contributed by atoms with Gasteiger partial charge in [-0.3, -0.25) is 9.78 Å². The van der Waals surface area contributed by atoms with Gasteiger partial charge in [0.2, 0.25) is 0 Å². The van der Waals surface area contributed by atoms with E-state index in [-0.39, 0.29) is 42.6 Å². The van der Waals surface area contributed by atoms with Crippen LogP contribution < -0.4 is 10.6 Å². The van der Waals surface area contributed by atoms with Crippen LogP contribution >= 0.6 is 36.6 Å². The first-order valence-corrected chi connectivity index (χ1v) is 12.6. The van der Waals surface area contributed by atoms with E-state index in [0.29, 0.717) is 24.3 Å². The predicted octanol–water partition coefficient (Wildman–Crippen LogP) is 4.49. The van der Waals surface area contributed by atoms with E-state index in [2.05, 4.69) is 15.6 Å². The Balaban J connectivity index is 0.00000204. The minimum atomic E-state index is -0.708. The number of nitrogens with one attached hydrogen (secondary N) is 2. The highest BCUT2D eigenvalue weighted by Crippen LogP contribution is 2.42. The molecule has 1 saturated carbocycles. The molecule has 2 amide bonds. The molecular weight excluding hydrogens is 497 g/mol. The van der Waals surface area contributed by atoms with Crippen molar-refractivity contribution in [3.63, 3.8) is 0 Å². The van der Waals surface area contributed by atoms with Crippen LogP contribution in [0.4, 0.5) is 4.79 Å². The van der Waals surface area contributed by atoms with E-state index in [0.717, 1.165) is 68.6 Å². The van der Waals surface area contributed by atoms with Crippen LogP contribution in [0.3, 0.4) is 0 Å². The lowest BCUT2D eigenvalue weighted by molar-refractivity contribution is -0.137. The second-order valence-electron chi connectivity index (χ2n) is 9.05. The number of urea groups is 1. The Hall–Kier alpha value is -1.55. The van der Waals surface area contributed by atoms with Crippen molar-refractivity contribution in [1.82, 2.24) is 20.6 Å². The zero-order chi connectivity index (χ0) is 22.3. The summed E-state index contributed by atoms with van der Waals surface area (Å²) in [6.07, 6.45) is 10.8. The number of carboxylic acids is 1. The third-order valence-corrected chi connectivity index (χ3v) is 8.30. The summed E-state index contributed by atoms with van der Waals surface area (Å²) in [5.41, 5.74) is 0.968. The zero-order valence-electron chi connectivity index (χ0n) is 19.2. The monoisotopic (exact) mass is 531 g/mol. The quantitative estimate of drug-likeness (QED) is 0.478. The van der Waals surface area contributed by atoms with Crippen molar-refractivity contribution in [3.8, 4) is 0 Å². The lowest BCUT2D eigenvalue weighted by Gasteiger charge is -2.32. The summed E-state index contributed by atoms with van der Waals surface area (Å²) in [7, 11) is 0. The van der Waals surface area contributed by atoms with Gasteiger partial charge in [0, 0.05) is 31.3 Å². The molecule has 1 unspecified atom stereocenters. The number of nitrogens with zero attached hydrogens (tertiary/aromatic N) is 3. The average molecular weight is 533 g/mol. The predicted molar refractivity (Wildman–Crippen MR) is 140 cm³/mol. The second kappa shape index (κ2) is 14.1. The molecule has 0 radical (unpaired) electrons. The number of hydrazone groups is 1. The highest BCUT2D eigenvalue weighted by Gasteiger charge is 2.41. The third-order valence-electron chi connectivity index (χ3n) is 6.81. The second-order valence-corrected chi connectivity index (χ2v) is 10.2. The minimum absolute atomic E-state index is 0. The molecule has 3 aliphatic rings. The van der Waals surface area contributed by atoms with Crippen LogP contribution in [0.15, 0.2) is 29.6 Å². The number of piperidine rings is 1. The number of carboxylic acid groups (broad SMARTS) is 1. The van der Waals surface area contributed by atoms with Gasteiger partial charge in [0.15, 0.2) is 0 Å². The third kappa shape index (κ3) is 7.73. The van der Waals surface area contributed by atoms with Gasteiger partial charge in [-0.1, -0.05) is 17.8 Å². The normalized spacial score (nSPS) is 25.0. The number of rotatable bonds is 7. The number of thioether (sulfide) groups is 1. The Kier molecular flexibility index (Phi) is 11.9. The van der Waals surface area contributed by atoms with Gasteiger partial charge in [-0.05, 0) is 81.5 Å². The van der Waals surface area contributed by atoms with Crippen LogP contribution in [0.2, 0.25) is 0 Å². The van der Waals surface area contributed by atoms with Gasteiger partial charge < -0.3 is 15.7 Å². The van der Waals surface area contributed by atoms with Gasteiger partial charge in [0.25, 0.3) is 0 Å². The first kappa shape index (κ1) is 28.7. The van der Waals surface area contributed by atoms with E-state index in [4.69, 9.17) is 10.2 Å². The summed E-state index contributed by atoms with van der Waals surface area (Å²) in [6.45, 7) is 2.40. The largest absolute Gasteiger partial charge is 0.481 e. The minimum Gasteiger partial charge on any atom is -0.481 e. The maximum Gasteiger partial charge on any atom is 0.339 e. The fraction of sp³-hybridized carbons (Fsp3) is 0.652. The van der Waals surface area contributed by atoms with Gasteiger partial charge in [-0.2, -0.15) is 5.10 Å². The smallest absolute Gasteiger partial charge is 0.339 e. The Morgan fingerprint density at radius 3 is 2.53 bits per heavy atom. The number of aliphatic carboxylic acids is 1. The first-order valence-electron chi connectivity index (χ1n) is 11.7. The van der Waals surface area contributed by atoms with Crippen molar-refractivity contribution < 1.29 is 14.7 Å². The lowest BCUT2D eigenvalue weighted by Crippen LogP contribution is -2.45. The molecule has 2 fully saturated rings. The molecule has 1 aromatic rings. The van der Waals surface area contributed by atoms with Gasteiger partial charge in [-0.15, -0.1) is 24.8 Å². The van der Waals surface area contributed by atoms with Crippen LogP contribution in [0.25, 0.3) is 0 Å². The number of carbonyl (C=O) groups is 2. The topological polar surface area (TPSA) is 107 Å². The summed E-state index contributed by atoms with van der Waals surface area (Å²) in [5, 5.41) is 23.1. The molecular formula is C23H35Cl2N5O3S. The van der Waals surface area contributed by atoms with Gasteiger partial charge in [0.1, 0.15) is 5.37 Å². The molecule has 3 N–H and O–H groups in total. The lowest BCUT2D eigenvalue weighted by atomic mass is 9.80. The fourth-order valence-corrected chi connectivity index (χ4v) is 6.43. The van der Waals surface area contributed by atoms with Crippen molar-refractivity contribution in [2.45, 2.75) is 63.3 Å². The summed E-state index contributed by atoms with van der Waals surface area (Å²) >= 11 is 1.78. The Bertz CT molecular complexity index is 818. The molecule has 0 bridgehead atoms. The molecule has 1 saturated heterocycles. The molecule has 190 valence electrons. The molecule has 0 aromatic carbocycles.